The summed E-state index contributed by atoms with van der Waals surface area (Å²) >= 11 is 4.68. The van der Waals surface area contributed by atoms with Crippen LogP contribution in [0.1, 0.15) is 36.7 Å². The number of fused-ring (bicyclic) bond motifs is 3. The summed E-state index contributed by atoms with van der Waals surface area (Å²) in [4.78, 5) is 29.5. The molecule has 160 valence electrons. The van der Waals surface area contributed by atoms with Gasteiger partial charge < -0.3 is 5.73 Å². The molecule has 0 atom stereocenters. The lowest BCUT2D eigenvalue weighted by atomic mass is 10.1. The highest BCUT2D eigenvalue weighted by Crippen LogP contribution is 2.41. The number of anilines is 1. The van der Waals surface area contributed by atoms with E-state index < -0.39 is 5.91 Å². The second-order valence-electron chi connectivity index (χ2n) is 7.52. The van der Waals surface area contributed by atoms with Crippen molar-refractivity contribution in [1.29, 1.82) is 0 Å². The quantitative estimate of drug-likeness (QED) is 0.574. The van der Waals surface area contributed by atoms with E-state index in [1.807, 2.05) is 59.5 Å². The summed E-state index contributed by atoms with van der Waals surface area (Å²) in [6, 6.07) is 17.5. The Morgan fingerprint density at radius 1 is 1.12 bits per heavy atom. The molecule has 3 heterocycles. The van der Waals surface area contributed by atoms with Gasteiger partial charge in [-0.2, -0.15) is 0 Å². The minimum Gasteiger partial charge on any atom is -0.365 e. The van der Waals surface area contributed by atoms with Gasteiger partial charge in [0.25, 0.3) is 11.8 Å². The average Bonchev–Trinajstić information content (AvgIpc) is 3.15. The van der Waals surface area contributed by atoms with Crippen molar-refractivity contribution >= 4 is 55.8 Å². The summed E-state index contributed by atoms with van der Waals surface area (Å²) in [6.45, 7) is 2.53. The number of primary amides is 1. The Morgan fingerprint density at radius 2 is 1.84 bits per heavy atom. The molecule has 0 radical (unpaired) electrons. The molecule has 9 heteroatoms. The van der Waals surface area contributed by atoms with E-state index in [2.05, 4.69) is 26.1 Å². The van der Waals surface area contributed by atoms with Crippen LogP contribution in [0.2, 0.25) is 0 Å². The van der Waals surface area contributed by atoms with E-state index in [-0.39, 0.29) is 5.91 Å². The van der Waals surface area contributed by atoms with Crippen molar-refractivity contribution in [2.24, 2.45) is 15.9 Å². The minimum absolute atomic E-state index is 0.206. The van der Waals surface area contributed by atoms with E-state index in [9.17, 15) is 9.59 Å². The monoisotopic (exact) mass is 507 g/mol. The number of benzene rings is 2. The molecule has 5 rings (SSSR count). The summed E-state index contributed by atoms with van der Waals surface area (Å²) in [5.74, 6) is -0.298. The SMILES string of the molecule is Cc1c(C(N)=O)sc2c1C(=O)N(Cc1ccccc1)C1=NN=C(c3ccc(Br)cc3)CN12. The van der Waals surface area contributed by atoms with Gasteiger partial charge in [-0.15, -0.1) is 21.5 Å². The van der Waals surface area contributed by atoms with E-state index in [0.717, 1.165) is 21.3 Å². The Bertz CT molecular complexity index is 1300. The van der Waals surface area contributed by atoms with Crippen molar-refractivity contribution < 1.29 is 9.59 Å². The van der Waals surface area contributed by atoms with Crippen molar-refractivity contribution in [3.05, 3.63) is 86.2 Å². The van der Waals surface area contributed by atoms with Crippen molar-refractivity contribution in [3.63, 3.8) is 0 Å². The van der Waals surface area contributed by atoms with Crippen molar-refractivity contribution in [1.82, 2.24) is 4.90 Å². The smallest absolute Gasteiger partial charge is 0.264 e. The van der Waals surface area contributed by atoms with Crippen LogP contribution in [0.25, 0.3) is 0 Å². The third-order valence-electron chi connectivity index (χ3n) is 5.47. The van der Waals surface area contributed by atoms with Gasteiger partial charge in [0.1, 0.15) is 5.00 Å². The van der Waals surface area contributed by atoms with E-state index in [0.29, 0.717) is 40.1 Å². The Kier molecular flexibility index (Phi) is 5.15. The first-order chi connectivity index (χ1) is 15.4. The van der Waals surface area contributed by atoms with Gasteiger partial charge in [-0.25, -0.2) is 0 Å². The Balaban J connectivity index is 1.63. The molecule has 0 bridgehead atoms. The van der Waals surface area contributed by atoms with Gasteiger partial charge in [0, 0.05) is 4.47 Å². The summed E-state index contributed by atoms with van der Waals surface area (Å²) in [6.07, 6.45) is 0. The van der Waals surface area contributed by atoms with Crippen LogP contribution in [0, 0.1) is 6.92 Å². The molecular formula is C23H18BrN5O2S. The zero-order valence-corrected chi connectivity index (χ0v) is 19.5. The number of carbonyl (C=O) groups excluding carboxylic acids is 2. The first-order valence-corrected chi connectivity index (χ1v) is 11.5. The lowest BCUT2D eigenvalue weighted by molar-refractivity contribution is 0.0832. The number of hydrogen-bond acceptors (Lipinski definition) is 6. The molecule has 0 spiro atoms. The molecule has 2 aromatic carbocycles. The fourth-order valence-corrected chi connectivity index (χ4v) is 5.29. The van der Waals surface area contributed by atoms with Crippen LogP contribution in [0.5, 0.6) is 0 Å². The van der Waals surface area contributed by atoms with Gasteiger partial charge in [0.2, 0.25) is 5.96 Å². The van der Waals surface area contributed by atoms with Gasteiger partial charge in [-0.3, -0.25) is 19.4 Å². The number of carbonyl (C=O) groups is 2. The van der Waals surface area contributed by atoms with Gasteiger partial charge in [0.05, 0.1) is 29.2 Å². The molecule has 3 aromatic rings. The Labute approximate surface area is 197 Å². The fraction of sp³-hybridized carbons (Fsp3) is 0.130. The summed E-state index contributed by atoms with van der Waals surface area (Å²) < 4.78 is 0.974. The largest absolute Gasteiger partial charge is 0.365 e. The maximum atomic E-state index is 13.5. The fourth-order valence-electron chi connectivity index (χ4n) is 3.87. The number of guanidine groups is 1. The number of amides is 2. The maximum absolute atomic E-state index is 13.5. The average molecular weight is 508 g/mol. The van der Waals surface area contributed by atoms with Gasteiger partial charge in [0.15, 0.2) is 0 Å². The van der Waals surface area contributed by atoms with Gasteiger partial charge in [-0.05, 0) is 35.7 Å². The molecule has 0 aliphatic carbocycles. The summed E-state index contributed by atoms with van der Waals surface area (Å²) in [5.41, 5.74) is 9.38. The third-order valence-corrected chi connectivity index (χ3v) is 7.33. The molecule has 2 aliphatic rings. The van der Waals surface area contributed by atoms with E-state index in [1.54, 1.807) is 11.8 Å². The predicted molar refractivity (Wildman–Crippen MR) is 129 cm³/mol. The number of thiophene rings is 1. The molecule has 7 nitrogen and oxygen atoms in total. The molecule has 2 amide bonds. The van der Waals surface area contributed by atoms with Crippen LogP contribution in [0.15, 0.2) is 69.3 Å². The van der Waals surface area contributed by atoms with Crippen LogP contribution < -0.4 is 10.6 Å². The van der Waals surface area contributed by atoms with Crippen molar-refractivity contribution in [2.45, 2.75) is 13.5 Å². The first kappa shape index (κ1) is 20.6. The first-order valence-electron chi connectivity index (χ1n) is 9.91. The molecule has 1 aromatic heterocycles. The summed E-state index contributed by atoms with van der Waals surface area (Å²) in [7, 11) is 0. The topological polar surface area (TPSA) is 91.4 Å². The zero-order valence-electron chi connectivity index (χ0n) is 17.1. The lowest BCUT2D eigenvalue weighted by Crippen LogP contribution is -2.54. The number of nitrogens with zero attached hydrogens (tertiary/aromatic N) is 4. The Hall–Kier alpha value is -3.30. The van der Waals surface area contributed by atoms with Crippen LogP contribution in [0.3, 0.4) is 0 Å². The van der Waals surface area contributed by atoms with Crippen molar-refractivity contribution in [3.8, 4) is 0 Å². The molecule has 0 saturated heterocycles. The molecule has 2 N–H and O–H groups in total. The second kappa shape index (κ2) is 7.99. The highest BCUT2D eigenvalue weighted by Gasteiger charge is 2.41. The molecule has 2 aliphatic heterocycles. The maximum Gasteiger partial charge on any atom is 0.264 e. The number of rotatable bonds is 4. The van der Waals surface area contributed by atoms with E-state index in [1.165, 1.54) is 11.3 Å². The molecule has 0 fully saturated rings. The van der Waals surface area contributed by atoms with Gasteiger partial charge in [-0.1, -0.05) is 58.4 Å². The number of nitrogens with two attached hydrogens (primary N) is 1. The van der Waals surface area contributed by atoms with Crippen molar-refractivity contribution in [2.75, 3.05) is 11.4 Å². The van der Waals surface area contributed by atoms with Crippen LogP contribution >= 0.6 is 27.3 Å². The minimum atomic E-state index is -0.540. The van der Waals surface area contributed by atoms with Crippen LogP contribution in [-0.4, -0.2) is 34.9 Å². The predicted octanol–water partition coefficient (Wildman–Crippen LogP) is 4.15. The molecule has 32 heavy (non-hydrogen) atoms. The highest BCUT2D eigenvalue weighted by atomic mass is 79.9. The van der Waals surface area contributed by atoms with E-state index in [4.69, 9.17) is 5.73 Å². The lowest BCUT2D eigenvalue weighted by Gasteiger charge is -2.38. The second-order valence-corrected chi connectivity index (χ2v) is 9.43. The molecular weight excluding hydrogens is 490 g/mol. The Morgan fingerprint density at radius 3 is 2.53 bits per heavy atom. The zero-order chi connectivity index (χ0) is 22.4. The van der Waals surface area contributed by atoms with E-state index >= 15 is 0 Å². The number of hydrogen-bond donors (Lipinski definition) is 1. The van der Waals surface area contributed by atoms with Crippen LogP contribution in [-0.2, 0) is 6.54 Å². The molecule has 0 unspecified atom stereocenters. The highest BCUT2D eigenvalue weighted by molar-refractivity contribution is 9.10. The normalized spacial score (nSPS) is 15.1. The number of halogens is 1. The molecule has 0 saturated carbocycles. The summed E-state index contributed by atoms with van der Waals surface area (Å²) in [5, 5.41) is 9.58. The van der Waals surface area contributed by atoms with Gasteiger partial charge >= 0.3 is 0 Å². The van der Waals surface area contributed by atoms with Crippen LogP contribution in [0.4, 0.5) is 5.00 Å². The third kappa shape index (κ3) is 3.43. The standard InChI is InChI=1S/C23H18BrN5O2S/c1-13-18-21(31)28(11-14-5-3-2-4-6-14)23-27-26-17(15-7-9-16(24)10-8-15)12-29(23)22(18)32-19(13)20(25)30/h2-10H,11-12H2,1H3,(H2,25,30).